The van der Waals surface area contributed by atoms with Crippen LogP contribution >= 0.6 is 0 Å². The highest BCUT2D eigenvalue weighted by molar-refractivity contribution is 6.09. The van der Waals surface area contributed by atoms with E-state index in [1.807, 2.05) is 60.7 Å². The topological polar surface area (TPSA) is 46.5 Å². The van der Waals surface area contributed by atoms with Crippen LogP contribution in [0.2, 0.25) is 0 Å². The number of benzene rings is 4. The molecular weight excluding hydrogens is 336 g/mol. The van der Waals surface area contributed by atoms with E-state index in [0.29, 0.717) is 5.75 Å². The van der Waals surface area contributed by atoms with Crippen LogP contribution in [0, 0.1) is 0 Å². The van der Waals surface area contributed by atoms with Crippen molar-refractivity contribution in [2.75, 3.05) is 0 Å². The Morgan fingerprint density at radius 2 is 1.37 bits per heavy atom. The maximum Gasteiger partial charge on any atom is 0.335 e. The van der Waals surface area contributed by atoms with Gasteiger partial charge in [0, 0.05) is 16.8 Å². The summed E-state index contributed by atoms with van der Waals surface area (Å²) in [6.45, 7) is 1.77. The molecule has 0 saturated heterocycles. The summed E-state index contributed by atoms with van der Waals surface area (Å²) >= 11 is 0. The lowest BCUT2D eigenvalue weighted by Gasteiger charge is -2.14. The monoisotopic (exact) mass is 354 g/mol. The largest absolute Gasteiger partial charge is 0.507 e. The maximum atomic E-state index is 12.0. The number of rotatable bonds is 3. The number of carbonyl (C=O) groups excluding carboxylic acids is 1. The molecule has 0 bridgehead atoms. The Bertz CT molecular complexity index is 1180. The van der Waals surface area contributed by atoms with Crippen molar-refractivity contribution in [2.45, 2.75) is 6.92 Å². The van der Waals surface area contributed by atoms with Gasteiger partial charge in [-0.15, -0.1) is 0 Å². The lowest BCUT2D eigenvalue weighted by molar-refractivity contribution is -0.128. The molecule has 0 fully saturated rings. The van der Waals surface area contributed by atoms with Gasteiger partial charge in [0.05, 0.1) is 0 Å². The Hall–Kier alpha value is -3.59. The predicted molar refractivity (Wildman–Crippen MR) is 109 cm³/mol. The highest BCUT2D eigenvalue weighted by Gasteiger charge is 2.14. The first-order valence-corrected chi connectivity index (χ1v) is 8.76. The number of fused-ring (bicyclic) bond motifs is 2. The van der Waals surface area contributed by atoms with Gasteiger partial charge in [0.25, 0.3) is 0 Å². The average Bonchev–Trinajstić information content (AvgIpc) is 2.68. The van der Waals surface area contributed by atoms with Crippen molar-refractivity contribution in [1.82, 2.24) is 0 Å². The van der Waals surface area contributed by atoms with E-state index in [2.05, 4.69) is 0 Å². The summed E-state index contributed by atoms with van der Waals surface area (Å²) in [6.07, 6.45) is 3.04. The number of phenols is 1. The molecule has 0 aliphatic rings. The van der Waals surface area contributed by atoms with Crippen molar-refractivity contribution < 1.29 is 14.6 Å². The second-order valence-corrected chi connectivity index (χ2v) is 6.26. The maximum absolute atomic E-state index is 12.0. The quantitative estimate of drug-likeness (QED) is 0.285. The van der Waals surface area contributed by atoms with Crippen LogP contribution in [0.4, 0.5) is 0 Å². The highest BCUT2D eigenvalue weighted by Crippen LogP contribution is 2.40. The van der Waals surface area contributed by atoms with E-state index in [-0.39, 0.29) is 5.75 Å². The number of phenolic OH excluding ortho intramolecular Hbond substituents is 1. The Morgan fingerprint density at radius 1 is 0.815 bits per heavy atom. The fraction of sp³-hybridized carbons (Fsp3) is 0.0417. The van der Waals surface area contributed by atoms with E-state index in [0.717, 1.165) is 32.7 Å². The molecule has 0 saturated carbocycles. The third kappa shape index (κ3) is 3.04. The van der Waals surface area contributed by atoms with Gasteiger partial charge in [-0.25, -0.2) is 4.79 Å². The minimum Gasteiger partial charge on any atom is -0.507 e. The highest BCUT2D eigenvalue weighted by atomic mass is 16.5. The molecule has 27 heavy (non-hydrogen) atoms. The number of aromatic hydroxyl groups is 1. The van der Waals surface area contributed by atoms with Crippen LogP contribution in [-0.4, -0.2) is 11.1 Å². The summed E-state index contributed by atoms with van der Waals surface area (Å²) < 4.78 is 5.58. The lowest BCUT2D eigenvalue weighted by Crippen LogP contribution is -2.04. The minimum absolute atomic E-state index is 0.225. The third-order valence-corrected chi connectivity index (χ3v) is 4.55. The molecule has 3 nitrogen and oxygen atoms in total. The van der Waals surface area contributed by atoms with E-state index in [1.54, 1.807) is 25.1 Å². The number of carbonyl (C=O) groups is 1. The Morgan fingerprint density at radius 3 is 2.04 bits per heavy atom. The molecule has 0 aromatic heterocycles. The summed E-state index contributed by atoms with van der Waals surface area (Å²) in [5.41, 5.74) is 1.80. The molecule has 4 rings (SSSR count). The second kappa shape index (κ2) is 6.96. The zero-order valence-electron chi connectivity index (χ0n) is 14.8. The van der Waals surface area contributed by atoms with Crippen LogP contribution in [0.5, 0.6) is 11.5 Å². The van der Waals surface area contributed by atoms with E-state index in [9.17, 15) is 9.90 Å². The Labute approximate surface area is 157 Å². The molecule has 0 radical (unpaired) electrons. The van der Waals surface area contributed by atoms with Gasteiger partial charge in [-0.1, -0.05) is 66.7 Å². The smallest absolute Gasteiger partial charge is 0.335 e. The molecular formula is C24H18O3. The van der Waals surface area contributed by atoms with Crippen molar-refractivity contribution in [3.63, 3.8) is 0 Å². The molecule has 0 atom stereocenters. The fourth-order valence-electron chi connectivity index (χ4n) is 3.44. The SMILES string of the molecule is C/C=C/C(=O)Oc1cccc2cccc(-c3cccc4cccc(O)c34)c12. The van der Waals surface area contributed by atoms with Gasteiger partial charge in [0.2, 0.25) is 0 Å². The molecule has 1 N–H and O–H groups in total. The van der Waals surface area contributed by atoms with Crippen LogP contribution in [0.25, 0.3) is 32.7 Å². The summed E-state index contributed by atoms with van der Waals surface area (Å²) in [7, 11) is 0. The standard InChI is InChI=1S/C24H18O3/c1-2-7-22(26)27-21-15-6-11-17-9-4-13-19(24(17)21)18-12-3-8-16-10-5-14-20(25)23(16)18/h2-15,25H,1H3/b7-2+. The molecule has 0 heterocycles. The summed E-state index contributed by atoms with van der Waals surface area (Å²) in [5, 5.41) is 14.0. The lowest BCUT2D eigenvalue weighted by atomic mass is 9.93. The van der Waals surface area contributed by atoms with Gasteiger partial charge in [0.1, 0.15) is 11.5 Å². The zero-order chi connectivity index (χ0) is 18.8. The Balaban J connectivity index is 2.03. The van der Waals surface area contributed by atoms with Crippen molar-refractivity contribution in [1.29, 1.82) is 0 Å². The van der Waals surface area contributed by atoms with Gasteiger partial charge in [-0.2, -0.15) is 0 Å². The first-order chi connectivity index (χ1) is 13.2. The number of esters is 1. The number of hydrogen-bond acceptors (Lipinski definition) is 3. The van der Waals surface area contributed by atoms with Crippen molar-refractivity contribution >= 4 is 27.5 Å². The molecule has 0 amide bonds. The molecule has 4 aromatic rings. The first kappa shape index (κ1) is 16.9. The third-order valence-electron chi connectivity index (χ3n) is 4.55. The molecule has 4 aromatic carbocycles. The number of ether oxygens (including phenoxy) is 1. The second-order valence-electron chi connectivity index (χ2n) is 6.26. The van der Waals surface area contributed by atoms with Crippen LogP contribution in [-0.2, 0) is 4.79 Å². The Kier molecular flexibility index (Phi) is 4.35. The molecule has 3 heteroatoms. The number of hydrogen-bond donors (Lipinski definition) is 1. The average molecular weight is 354 g/mol. The first-order valence-electron chi connectivity index (χ1n) is 8.76. The van der Waals surface area contributed by atoms with Crippen LogP contribution in [0.1, 0.15) is 6.92 Å². The molecule has 0 aliphatic heterocycles. The van der Waals surface area contributed by atoms with Gasteiger partial charge in [-0.05, 0) is 41.0 Å². The van der Waals surface area contributed by atoms with E-state index < -0.39 is 5.97 Å². The van der Waals surface area contributed by atoms with Crippen LogP contribution < -0.4 is 4.74 Å². The van der Waals surface area contributed by atoms with E-state index >= 15 is 0 Å². The normalized spacial score (nSPS) is 11.3. The summed E-state index contributed by atoms with van der Waals surface area (Å²) in [4.78, 5) is 12.0. The van der Waals surface area contributed by atoms with Gasteiger partial charge in [0.15, 0.2) is 0 Å². The molecule has 0 spiro atoms. The van der Waals surface area contributed by atoms with Crippen molar-refractivity contribution in [3.8, 4) is 22.6 Å². The van der Waals surface area contributed by atoms with Crippen LogP contribution in [0.15, 0.2) is 84.9 Å². The zero-order valence-corrected chi connectivity index (χ0v) is 14.8. The number of allylic oxidation sites excluding steroid dienone is 1. The molecule has 0 unspecified atom stereocenters. The van der Waals surface area contributed by atoms with Gasteiger partial charge in [-0.3, -0.25) is 0 Å². The van der Waals surface area contributed by atoms with Crippen molar-refractivity contribution in [2.24, 2.45) is 0 Å². The van der Waals surface area contributed by atoms with Crippen molar-refractivity contribution in [3.05, 3.63) is 84.9 Å². The van der Waals surface area contributed by atoms with Gasteiger partial charge < -0.3 is 9.84 Å². The fourth-order valence-corrected chi connectivity index (χ4v) is 3.44. The van der Waals surface area contributed by atoms with E-state index in [4.69, 9.17) is 4.74 Å². The summed E-state index contributed by atoms with van der Waals surface area (Å²) in [5.74, 6) is 0.308. The molecule has 0 aliphatic carbocycles. The van der Waals surface area contributed by atoms with Crippen LogP contribution in [0.3, 0.4) is 0 Å². The van der Waals surface area contributed by atoms with E-state index in [1.165, 1.54) is 6.08 Å². The predicted octanol–water partition coefficient (Wildman–Crippen LogP) is 5.85. The molecule has 132 valence electrons. The summed E-state index contributed by atoms with van der Waals surface area (Å²) in [6, 6.07) is 23.0. The minimum atomic E-state index is -0.416. The van der Waals surface area contributed by atoms with Gasteiger partial charge >= 0.3 is 5.97 Å².